The molecule has 2 rings (SSSR count). The first-order valence-corrected chi connectivity index (χ1v) is 4.83. The topological polar surface area (TPSA) is 12.5 Å². The molecule has 3 heteroatoms. The van der Waals surface area contributed by atoms with Gasteiger partial charge in [-0.3, -0.25) is 4.90 Å². The normalized spacial score (nSPS) is 37.2. The molecule has 0 aromatic heterocycles. The molecule has 2 aliphatic rings. The summed E-state index contributed by atoms with van der Waals surface area (Å²) in [6.07, 6.45) is 4.01. The van der Waals surface area contributed by atoms with Crippen LogP contribution in [0, 0.1) is 0 Å². The zero-order chi connectivity index (χ0) is 9.31. The van der Waals surface area contributed by atoms with Crippen LogP contribution in [0.25, 0.3) is 0 Å². The van der Waals surface area contributed by atoms with E-state index in [9.17, 15) is 4.39 Å². The fourth-order valence-electron chi connectivity index (χ4n) is 2.72. The Bertz CT molecular complexity index is 229. The monoisotopic (exact) mass is 185 g/mol. The summed E-state index contributed by atoms with van der Waals surface area (Å²) in [5.41, 5.74) is 1.06. The molecule has 0 aromatic rings. The minimum atomic E-state index is 0.132. The van der Waals surface area contributed by atoms with Crippen LogP contribution in [0.2, 0.25) is 0 Å². The van der Waals surface area contributed by atoms with Crippen LogP contribution >= 0.6 is 0 Å². The van der Waals surface area contributed by atoms with Crippen molar-refractivity contribution < 1.29 is 9.13 Å². The summed E-state index contributed by atoms with van der Waals surface area (Å²) in [7, 11) is 1.72. The molecular formula is C10H16FNO. The zero-order valence-corrected chi connectivity index (χ0v) is 8.05. The standard InChI is InChI=1S/C10H16FNO/c1-13-8-10-3-2-4-12(10)7-9(5-10)6-11/h6H,2-5,7-8H2,1H3/b9-6-/t10-/m1/s1. The molecule has 0 unspecified atom stereocenters. The highest BCUT2D eigenvalue weighted by Crippen LogP contribution is 2.41. The third kappa shape index (κ3) is 1.40. The first kappa shape index (κ1) is 9.16. The summed E-state index contributed by atoms with van der Waals surface area (Å²) in [6.45, 7) is 2.64. The maximum Gasteiger partial charge on any atom is 0.0872 e. The number of hydrogen-bond acceptors (Lipinski definition) is 2. The van der Waals surface area contributed by atoms with Gasteiger partial charge >= 0.3 is 0 Å². The van der Waals surface area contributed by atoms with E-state index in [1.54, 1.807) is 7.11 Å². The van der Waals surface area contributed by atoms with E-state index < -0.39 is 0 Å². The average molecular weight is 185 g/mol. The molecule has 2 aliphatic heterocycles. The minimum Gasteiger partial charge on any atom is -0.383 e. The maximum absolute atomic E-state index is 12.4. The van der Waals surface area contributed by atoms with Gasteiger partial charge in [0, 0.05) is 19.2 Å². The Morgan fingerprint density at radius 1 is 1.69 bits per heavy atom. The SMILES string of the molecule is COC[C@]12CCCN1C/C(=C\F)C2. The van der Waals surface area contributed by atoms with Crippen LogP contribution in [-0.4, -0.2) is 37.2 Å². The molecule has 0 amide bonds. The van der Waals surface area contributed by atoms with E-state index in [2.05, 4.69) is 4.90 Å². The fraction of sp³-hybridized carbons (Fsp3) is 0.800. The lowest BCUT2D eigenvalue weighted by molar-refractivity contribution is 0.0656. The van der Waals surface area contributed by atoms with Gasteiger partial charge in [-0.15, -0.1) is 0 Å². The number of rotatable bonds is 2. The second kappa shape index (κ2) is 3.39. The number of ether oxygens (including phenoxy) is 1. The summed E-state index contributed by atoms with van der Waals surface area (Å²) in [5, 5.41) is 0. The molecule has 0 aliphatic carbocycles. The van der Waals surface area contributed by atoms with Crippen molar-refractivity contribution in [1.82, 2.24) is 4.90 Å². The van der Waals surface area contributed by atoms with E-state index in [1.165, 1.54) is 6.42 Å². The van der Waals surface area contributed by atoms with Crippen LogP contribution in [-0.2, 0) is 4.74 Å². The highest BCUT2D eigenvalue weighted by molar-refractivity contribution is 5.18. The molecule has 13 heavy (non-hydrogen) atoms. The lowest BCUT2D eigenvalue weighted by Gasteiger charge is -2.30. The van der Waals surface area contributed by atoms with E-state index in [0.717, 1.165) is 44.4 Å². The quantitative estimate of drug-likeness (QED) is 0.649. The lowest BCUT2D eigenvalue weighted by atomic mass is 9.94. The Kier molecular flexibility index (Phi) is 2.39. The van der Waals surface area contributed by atoms with Gasteiger partial charge in [-0.05, 0) is 31.4 Å². The summed E-state index contributed by atoms with van der Waals surface area (Å²) in [5.74, 6) is 0. The molecule has 1 atom stereocenters. The Balaban J connectivity index is 2.14. The predicted octanol–water partition coefficient (Wildman–Crippen LogP) is 1.72. The third-order valence-electron chi connectivity index (χ3n) is 3.26. The highest BCUT2D eigenvalue weighted by Gasteiger charge is 2.46. The van der Waals surface area contributed by atoms with Gasteiger partial charge < -0.3 is 4.74 Å². The first-order valence-electron chi connectivity index (χ1n) is 4.83. The van der Waals surface area contributed by atoms with Crippen molar-refractivity contribution in [1.29, 1.82) is 0 Å². The van der Waals surface area contributed by atoms with Crippen molar-refractivity contribution in [2.75, 3.05) is 26.8 Å². The highest BCUT2D eigenvalue weighted by atomic mass is 19.1. The Hall–Kier alpha value is -0.410. The Morgan fingerprint density at radius 3 is 3.23 bits per heavy atom. The van der Waals surface area contributed by atoms with Crippen molar-refractivity contribution in [3.8, 4) is 0 Å². The Morgan fingerprint density at radius 2 is 2.54 bits per heavy atom. The van der Waals surface area contributed by atoms with Crippen molar-refractivity contribution in [3.05, 3.63) is 11.9 Å². The van der Waals surface area contributed by atoms with Crippen LogP contribution in [0.15, 0.2) is 11.9 Å². The van der Waals surface area contributed by atoms with Gasteiger partial charge in [-0.2, -0.15) is 0 Å². The van der Waals surface area contributed by atoms with E-state index in [4.69, 9.17) is 4.74 Å². The lowest BCUT2D eigenvalue weighted by Crippen LogP contribution is -2.42. The minimum absolute atomic E-state index is 0.132. The molecule has 0 spiro atoms. The Labute approximate surface area is 78.4 Å². The van der Waals surface area contributed by atoms with Gasteiger partial charge in [0.05, 0.1) is 12.9 Å². The van der Waals surface area contributed by atoms with Gasteiger partial charge in [-0.1, -0.05) is 0 Å². The molecule has 0 bridgehead atoms. The van der Waals surface area contributed by atoms with Gasteiger partial charge in [0.1, 0.15) is 0 Å². The van der Waals surface area contributed by atoms with Crippen LogP contribution in [0.1, 0.15) is 19.3 Å². The van der Waals surface area contributed by atoms with Crippen LogP contribution in [0.4, 0.5) is 4.39 Å². The molecule has 2 fully saturated rings. The predicted molar refractivity (Wildman–Crippen MR) is 49.2 cm³/mol. The van der Waals surface area contributed by atoms with E-state index in [-0.39, 0.29) is 5.54 Å². The summed E-state index contributed by atoms with van der Waals surface area (Å²) in [4.78, 5) is 2.36. The average Bonchev–Trinajstić information content (AvgIpc) is 2.60. The summed E-state index contributed by atoms with van der Waals surface area (Å²) >= 11 is 0. The van der Waals surface area contributed by atoms with E-state index in [0.29, 0.717) is 0 Å². The second-order valence-electron chi connectivity index (χ2n) is 4.13. The van der Waals surface area contributed by atoms with E-state index in [1.807, 2.05) is 0 Å². The molecule has 2 heterocycles. The third-order valence-corrected chi connectivity index (χ3v) is 3.26. The van der Waals surface area contributed by atoms with Crippen molar-refractivity contribution in [2.24, 2.45) is 0 Å². The smallest absolute Gasteiger partial charge is 0.0872 e. The van der Waals surface area contributed by atoms with Crippen LogP contribution < -0.4 is 0 Å². The molecular weight excluding hydrogens is 169 g/mol. The first-order chi connectivity index (χ1) is 6.30. The number of fused-ring (bicyclic) bond motifs is 1. The van der Waals surface area contributed by atoms with E-state index >= 15 is 0 Å². The molecule has 0 aromatic carbocycles. The van der Waals surface area contributed by atoms with Crippen LogP contribution in [0.5, 0.6) is 0 Å². The van der Waals surface area contributed by atoms with Crippen molar-refractivity contribution in [2.45, 2.75) is 24.8 Å². The number of methoxy groups -OCH3 is 1. The molecule has 0 saturated carbocycles. The molecule has 0 radical (unpaired) electrons. The molecule has 2 saturated heterocycles. The van der Waals surface area contributed by atoms with Crippen molar-refractivity contribution >= 4 is 0 Å². The fourth-order valence-corrected chi connectivity index (χ4v) is 2.72. The second-order valence-corrected chi connectivity index (χ2v) is 4.13. The van der Waals surface area contributed by atoms with Crippen molar-refractivity contribution in [3.63, 3.8) is 0 Å². The zero-order valence-electron chi connectivity index (χ0n) is 8.05. The molecule has 0 N–H and O–H groups in total. The number of halogens is 1. The van der Waals surface area contributed by atoms with Gasteiger partial charge in [0.25, 0.3) is 0 Å². The van der Waals surface area contributed by atoms with Gasteiger partial charge in [0.15, 0.2) is 0 Å². The van der Waals surface area contributed by atoms with Gasteiger partial charge in [-0.25, -0.2) is 4.39 Å². The molecule has 74 valence electrons. The maximum atomic E-state index is 12.4. The number of nitrogens with zero attached hydrogens (tertiary/aromatic N) is 1. The van der Waals surface area contributed by atoms with Crippen LogP contribution in [0.3, 0.4) is 0 Å². The number of hydrogen-bond donors (Lipinski definition) is 0. The summed E-state index contributed by atoms with van der Waals surface area (Å²) in [6, 6.07) is 0. The summed E-state index contributed by atoms with van der Waals surface area (Å²) < 4.78 is 17.6. The molecule has 2 nitrogen and oxygen atoms in total. The largest absolute Gasteiger partial charge is 0.383 e. The van der Waals surface area contributed by atoms with Gasteiger partial charge in [0.2, 0.25) is 0 Å².